The van der Waals surface area contributed by atoms with Gasteiger partial charge in [0.2, 0.25) is 5.91 Å². The number of aryl methyl sites for hydroxylation is 1. The number of aliphatic hydroxyl groups excluding tert-OH is 1. The highest BCUT2D eigenvalue weighted by Crippen LogP contribution is 2.26. The maximum atomic E-state index is 12.5. The topological polar surface area (TPSA) is 69.6 Å². The van der Waals surface area contributed by atoms with Crippen LogP contribution >= 0.6 is 15.9 Å². The summed E-state index contributed by atoms with van der Waals surface area (Å²) in [7, 11) is 1.57. The molecule has 1 heterocycles. The fourth-order valence-electron chi connectivity index (χ4n) is 2.66. The van der Waals surface area contributed by atoms with E-state index < -0.39 is 0 Å². The summed E-state index contributed by atoms with van der Waals surface area (Å²) in [5.41, 5.74) is 1.59. The molecule has 1 fully saturated rings. The first-order valence-electron chi connectivity index (χ1n) is 6.85. The Balaban J connectivity index is 2.17. The van der Waals surface area contributed by atoms with Gasteiger partial charge in [0, 0.05) is 42.7 Å². The minimum Gasteiger partial charge on any atom is -0.396 e. The summed E-state index contributed by atoms with van der Waals surface area (Å²) >= 11 is 3.41. The van der Waals surface area contributed by atoms with Gasteiger partial charge in [-0.15, -0.1) is 0 Å². The highest BCUT2D eigenvalue weighted by molar-refractivity contribution is 9.10. The van der Waals surface area contributed by atoms with Crippen LogP contribution in [-0.2, 0) is 4.79 Å². The number of hydrogen-bond donors (Lipinski definition) is 2. The lowest BCUT2D eigenvalue weighted by atomic mass is 9.96. The first-order chi connectivity index (χ1) is 9.97. The smallest absolute Gasteiger partial charge is 0.253 e. The number of benzene rings is 1. The molecule has 0 saturated carbocycles. The van der Waals surface area contributed by atoms with E-state index in [1.807, 2.05) is 19.1 Å². The highest BCUT2D eigenvalue weighted by atomic mass is 79.9. The molecule has 2 rings (SSSR count). The van der Waals surface area contributed by atoms with E-state index in [0.29, 0.717) is 18.7 Å². The first kappa shape index (κ1) is 16.0. The Hall–Kier alpha value is -1.40. The molecule has 0 aliphatic carbocycles. The molecule has 0 aromatic heterocycles. The van der Waals surface area contributed by atoms with Crippen molar-refractivity contribution in [3.05, 3.63) is 33.8 Å². The number of aliphatic hydroxyl groups is 1. The summed E-state index contributed by atoms with van der Waals surface area (Å²) in [4.78, 5) is 26.0. The van der Waals surface area contributed by atoms with Gasteiger partial charge in [-0.05, 0) is 30.7 Å². The molecule has 1 aromatic rings. The number of nitrogens with zero attached hydrogens (tertiary/aromatic N) is 1. The van der Waals surface area contributed by atoms with Crippen LogP contribution in [0.3, 0.4) is 0 Å². The Kier molecular flexibility index (Phi) is 5.00. The second-order valence-corrected chi connectivity index (χ2v) is 6.19. The zero-order valence-corrected chi connectivity index (χ0v) is 13.7. The number of nitrogens with one attached hydrogen (secondary N) is 1. The molecule has 21 heavy (non-hydrogen) atoms. The molecule has 0 bridgehead atoms. The summed E-state index contributed by atoms with van der Waals surface area (Å²) in [5.74, 6) is -0.780. The molecule has 114 valence electrons. The predicted molar refractivity (Wildman–Crippen MR) is 82.9 cm³/mol. The van der Waals surface area contributed by atoms with E-state index in [1.165, 1.54) is 0 Å². The molecule has 2 atom stereocenters. The van der Waals surface area contributed by atoms with Gasteiger partial charge in [0.1, 0.15) is 0 Å². The van der Waals surface area contributed by atoms with E-state index >= 15 is 0 Å². The standard InChI is InChI=1S/C15H19BrN2O3/c1-9-5-10(3-4-13(9)16)15(21)18-6-11(8-19)12(7-18)14(20)17-2/h3-5,11-12,19H,6-8H2,1-2H3,(H,17,20). The average Bonchev–Trinajstić information content (AvgIpc) is 2.92. The van der Waals surface area contributed by atoms with Crippen molar-refractivity contribution in [2.75, 3.05) is 26.7 Å². The van der Waals surface area contributed by atoms with Crippen LogP contribution in [0.5, 0.6) is 0 Å². The number of hydrogen-bond acceptors (Lipinski definition) is 3. The average molecular weight is 355 g/mol. The zero-order valence-electron chi connectivity index (χ0n) is 12.1. The van der Waals surface area contributed by atoms with E-state index in [1.54, 1.807) is 18.0 Å². The van der Waals surface area contributed by atoms with E-state index in [0.717, 1.165) is 10.0 Å². The lowest BCUT2D eigenvalue weighted by molar-refractivity contribution is -0.125. The first-order valence-corrected chi connectivity index (χ1v) is 7.65. The number of carbonyl (C=O) groups excluding carboxylic acids is 2. The van der Waals surface area contributed by atoms with Crippen molar-refractivity contribution in [1.29, 1.82) is 0 Å². The summed E-state index contributed by atoms with van der Waals surface area (Å²) in [6.07, 6.45) is 0. The van der Waals surface area contributed by atoms with Crippen molar-refractivity contribution in [3.8, 4) is 0 Å². The van der Waals surface area contributed by atoms with Crippen LogP contribution in [-0.4, -0.2) is 48.6 Å². The van der Waals surface area contributed by atoms with Crippen molar-refractivity contribution in [1.82, 2.24) is 10.2 Å². The monoisotopic (exact) mass is 354 g/mol. The molecule has 1 aromatic carbocycles. The second kappa shape index (κ2) is 6.58. The number of likely N-dealkylation sites (tertiary alicyclic amines) is 1. The van der Waals surface area contributed by atoms with Crippen molar-refractivity contribution >= 4 is 27.7 Å². The molecule has 0 radical (unpaired) electrons. The summed E-state index contributed by atoms with van der Waals surface area (Å²) in [6.45, 7) is 2.58. The molecule has 5 nitrogen and oxygen atoms in total. The molecular formula is C15H19BrN2O3. The Morgan fingerprint density at radius 3 is 2.71 bits per heavy atom. The van der Waals surface area contributed by atoms with E-state index in [-0.39, 0.29) is 30.3 Å². The Labute approximate surface area is 132 Å². The molecule has 1 aliphatic heterocycles. The van der Waals surface area contributed by atoms with Crippen LogP contribution < -0.4 is 5.32 Å². The number of amides is 2. The molecule has 2 N–H and O–H groups in total. The van der Waals surface area contributed by atoms with Crippen LogP contribution in [0.2, 0.25) is 0 Å². The predicted octanol–water partition coefficient (Wildman–Crippen LogP) is 1.18. The van der Waals surface area contributed by atoms with E-state index in [9.17, 15) is 14.7 Å². The second-order valence-electron chi connectivity index (χ2n) is 5.34. The number of halogens is 1. The minimum atomic E-state index is -0.347. The van der Waals surface area contributed by atoms with Crippen LogP contribution in [0.1, 0.15) is 15.9 Å². The fraction of sp³-hybridized carbons (Fsp3) is 0.467. The summed E-state index contributed by atoms with van der Waals surface area (Å²) in [5, 5.41) is 12.0. The highest BCUT2D eigenvalue weighted by Gasteiger charge is 2.38. The van der Waals surface area contributed by atoms with E-state index in [4.69, 9.17) is 0 Å². The SMILES string of the molecule is CNC(=O)C1CN(C(=O)c2ccc(Br)c(C)c2)CC1CO. The number of rotatable bonds is 3. The van der Waals surface area contributed by atoms with Crippen LogP contribution in [0.25, 0.3) is 0 Å². The molecule has 2 unspecified atom stereocenters. The van der Waals surface area contributed by atoms with E-state index in [2.05, 4.69) is 21.2 Å². The Bertz CT molecular complexity index is 562. The molecular weight excluding hydrogens is 336 g/mol. The molecule has 1 saturated heterocycles. The van der Waals surface area contributed by atoms with Gasteiger partial charge >= 0.3 is 0 Å². The molecule has 1 aliphatic rings. The zero-order chi connectivity index (χ0) is 15.6. The van der Waals surface area contributed by atoms with Gasteiger partial charge in [-0.3, -0.25) is 9.59 Å². The third kappa shape index (κ3) is 3.27. The molecule has 0 spiro atoms. The Morgan fingerprint density at radius 2 is 2.14 bits per heavy atom. The third-order valence-corrected chi connectivity index (χ3v) is 4.84. The molecule has 6 heteroatoms. The Morgan fingerprint density at radius 1 is 1.43 bits per heavy atom. The maximum Gasteiger partial charge on any atom is 0.253 e. The quantitative estimate of drug-likeness (QED) is 0.856. The van der Waals surface area contributed by atoms with Crippen molar-refractivity contribution < 1.29 is 14.7 Å². The van der Waals surface area contributed by atoms with Crippen molar-refractivity contribution in [2.24, 2.45) is 11.8 Å². The molecule has 2 amide bonds. The van der Waals surface area contributed by atoms with Gasteiger partial charge < -0.3 is 15.3 Å². The lowest BCUT2D eigenvalue weighted by Crippen LogP contribution is -2.34. The van der Waals surface area contributed by atoms with Crippen LogP contribution in [0, 0.1) is 18.8 Å². The van der Waals surface area contributed by atoms with Crippen molar-refractivity contribution in [2.45, 2.75) is 6.92 Å². The summed E-state index contributed by atoms with van der Waals surface area (Å²) in [6, 6.07) is 5.44. The van der Waals surface area contributed by atoms with Crippen molar-refractivity contribution in [3.63, 3.8) is 0 Å². The van der Waals surface area contributed by atoms with Crippen LogP contribution in [0.15, 0.2) is 22.7 Å². The normalized spacial score (nSPS) is 21.4. The minimum absolute atomic E-state index is 0.0960. The van der Waals surface area contributed by atoms with Gasteiger partial charge in [-0.2, -0.15) is 0 Å². The largest absolute Gasteiger partial charge is 0.396 e. The maximum absolute atomic E-state index is 12.5. The van der Waals surface area contributed by atoms with Gasteiger partial charge in [0.25, 0.3) is 5.91 Å². The van der Waals surface area contributed by atoms with Gasteiger partial charge in [0.05, 0.1) is 5.92 Å². The lowest BCUT2D eigenvalue weighted by Gasteiger charge is -2.16. The van der Waals surface area contributed by atoms with Crippen LogP contribution in [0.4, 0.5) is 0 Å². The van der Waals surface area contributed by atoms with Gasteiger partial charge in [-0.25, -0.2) is 0 Å². The number of carbonyl (C=O) groups is 2. The van der Waals surface area contributed by atoms with Gasteiger partial charge in [-0.1, -0.05) is 15.9 Å². The fourth-order valence-corrected chi connectivity index (χ4v) is 2.91. The summed E-state index contributed by atoms with van der Waals surface area (Å²) < 4.78 is 0.956. The van der Waals surface area contributed by atoms with Gasteiger partial charge in [0.15, 0.2) is 0 Å². The third-order valence-electron chi connectivity index (χ3n) is 3.95.